The maximum atomic E-state index is 14.6. The van der Waals surface area contributed by atoms with Gasteiger partial charge in [0.1, 0.15) is 29.8 Å². The van der Waals surface area contributed by atoms with E-state index < -0.39 is 23.7 Å². The fourth-order valence-corrected chi connectivity index (χ4v) is 4.54. The zero-order valence-corrected chi connectivity index (χ0v) is 20.5. The summed E-state index contributed by atoms with van der Waals surface area (Å²) >= 11 is 0. The summed E-state index contributed by atoms with van der Waals surface area (Å²) < 4.78 is 14.6. The number of benzene rings is 2. The molecule has 2 aromatic carbocycles. The van der Waals surface area contributed by atoms with Gasteiger partial charge >= 0.3 is 0 Å². The topological polar surface area (TPSA) is 91.0 Å². The molecule has 0 saturated carbocycles. The molecule has 0 radical (unpaired) electrons. The second-order valence-corrected chi connectivity index (χ2v) is 9.94. The zero-order valence-electron chi connectivity index (χ0n) is 20.5. The number of H-pyrrole nitrogens is 1. The van der Waals surface area contributed by atoms with E-state index in [9.17, 15) is 14.0 Å². The number of carbonyl (C=O) groups is 2. The summed E-state index contributed by atoms with van der Waals surface area (Å²) in [5.74, 6) is 0.0122. The number of aromatic nitrogens is 3. The number of carbonyl (C=O) groups excluding carboxylic acids is 2. The Balaban J connectivity index is 1.60. The van der Waals surface area contributed by atoms with Gasteiger partial charge in [0.2, 0.25) is 11.8 Å². The van der Waals surface area contributed by atoms with E-state index in [1.165, 1.54) is 16.8 Å². The van der Waals surface area contributed by atoms with Gasteiger partial charge in [0, 0.05) is 6.42 Å². The predicted molar refractivity (Wildman–Crippen MR) is 131 cm³/mol. The molecule has 0 unspecified atom stereocenters. The number of hydrogen-bond acceptors (Lipinski definition) is 4. The van der Waals surface area contributed by atoms with Gasteiger partial charge < -0.3 is 10.2 Å². The predicted octanol–water partition coefficient (Wildman–Crippen LogP) is 4.05. The van der Waals surface area contributed by atoms with Crippen LogP contribution in [0.15, 0.2) is 60.9 Å². The highest BCUT2D eigenvalue weighted by atomic mass is 19.1. The Hall–Kier alpha value is -3.55. The minimum atomic E-state index is -1.28. The molecule has 1 aliphatic rings. The van der Waals surface area contributed by atoms with Crippen LogP contribution in [0.5, 0.6) is 0 Å². The molecule has 0 bridgehead atoms. The number of hydrogen-bond donors (Lipinski definition) is 2. The Morgan fingerprint density at radius 1 is 1.06 bits per heavy atom. The van der Waals surface area contributed by atoms with Gasteiger partial charge in [-0.15, -0.1) is 0 Å². The van der Waals surface area contributed by atoms with E-state index in [0.717, 1.165) is 11.1 Å². The van der Waals surface area contributed by atoms with Gasteiger partial charge in [-0.2, -0.15) is 5.10 Å². The Labute approximate surface area is 205 Å². The van der Waals surface area contributed by atoms with Crippen LogP contribution < -0.4 is 5.32 Å². The summed E-state index contributed by atoms with van der Waals surface area (Å²) in [6, 6.07) is 16.4. The number of likely N-dealkylation sites (tertiary alicyclic amines) is 1. The average Bonchev–Trinajstić information content (AvgIpc) is 3.53. The molecule has 3 atom stereocenters. The molecule has 7 nitrogen and oxygen atoms in total. The lowest BCUT2D eigenvalue weighted by atomic mass is 9.90. The molecule has 0 aliphatic carbocycles. The number of nitrogens with one attached hydrogen (secondary N) is 2. The van der Waals surface area contributed by atoms with Crippen molar-refractivity contribution in [2.24, 2.45) is 0 Å². The molecule has 4 rings (SSSR count). The number of halogens is 1. The van der Waals surface area contributed by atoms with Crippen LogP contribution in [0.2, 0.25) is 0 Å². The quantitative estimate of drug-likeness (QED) is 0.537. The summed E-state index contributed by atoms with van der Waals surface area (Å²) in [5, 5.41) is 9.65. The molecular weight excluding hydrogens is 445 g/mol. The number of amides is 2. The first-order valence-corrected chi connectivity index (χ1v) is 11.9. The summed E-state index contributed by atoms with van der Waals surface area (Å²) in [6.45, 7) is 7.52. The van der Waals surface area contributed by atoms with Crippen LogP contribution in [0.4, 0.5) is 4.39 Å². The Morgan fingerprint density at radius 3 is 2.29 bits per heavy atom. The maximum absolute atomic E-state index is 14.6. The Bertz CT molecular complexity index is 1150. The molecule has 2 amide bonds. The molecule has 184 valence electrons. The molecule has 2 heterocycles. The molecule has 35 heavy (non-hydrogen) atoms. The molecule has 8 heteroatoms. The fraction of sp³-hybridized carbons (Fsp3) is 0.407. The fourth-order valence-electron chi connectivity index (χ4n) is 4.54. The number of aromatic amines is 1. The van der Waals surface area contributed by atoms with Crippen molar-refractivity contribution >= 4 is 11.8 Å². The second-order valence-electron chi connectivity index (χ2n) is 9.94. The van der Waals surface area contributed by atoms with Gasteiger partial charge in [-0.25, -0.2) is 9.37 Å². The molecule has 1 aliphatic heterocycles. The smallest absolute Gasteiger partial charge is 0.243 e. The molecule has 1 fully saturated rings. The molecule has 2 N–H and O–H groups in total. The normalized spacial score (nSPS) is 19.1. The highest BCUT2D eigenvalue weighted by Gasteiger charge is 2.46. The van der Waals surface area contributed by atoms with E-state index in [0.29, 0.717) is 11.7 Å². The van der Waals surface area contributed by atoms with E-state index in [4.69, 9.17) is 0 Å². The minimum Gasteiger partial charge on any atom is -0.343 e. The third-order valence-electron chi connectivity index (χ3n) is 6.71. The Morgan fingerprint density at radius 2 is 1.69 bits per heavy atom. The second kappa shape index (κ2) is 9.98. The maximum Gasteiger partial charge on any atom is 0.243 e. The summed E-state index contributed by atoms with van der Waals surface area (Å²) in [4.78, 5) is 32.4. The van der Waals surface area contributed by atoms with Gasteiger partial charge in [0.05, 0.1) is 12.6 Å². The number of rotatable bonds is 7. The van der Waals surface area contributed by atoms with E-state index >= 15 is 0 Å². The van der Waals surface area contributed by atoms with Crippen molar-refractivity contribution in [3.63, 3.8) is 0 Å². The van der Waals surface area contributed by atoms with Crippen molar-refractivity contribution in [1.29, 1.82) is 0 Å². The molecular formula is C27H32FN5O2. The Kier molecular flexibility index (Phi) is 7.00. The summed E-state index contributed by atoms with van der Waals surface area (Å²) in [7, 11) is 0. The third kappa shape index (κ3) is 5.11. The van der Waals surface area contributed by atoms with E-state index in [-0.39, 0.29) is 24.8 Å². The standard InChI is InChI=1S/C27H32FN5O2/c1-17(2)18-10-12-20(13-11-18)23(19-8-6-5-7-9-19)31-24(34)22-14-21(28)15-33(22)26(35)27(3,4)25-29-16-30-32-25/h5-13,16-17,21-23H,14-15H2,1-4H3,(H,31,34)(H,29,30,32)/t21-,22+,23+/m1/s1. The highest BCUT2D eigenvalue weighted by Crippen LogP contribution is 2.30. The number of nitrogens with zero attached hydrogens (tertiary/aromatic N) is 3. The third-order valence-corrected chi connectivity index (χ3v) is 6.71. The van der Waals surface area contributed by atoms with Crippen LogP contribution in [0, 0.1) is 0 Å². The van der Waals surface area contributed by atoms with Gasteiger partial charge in [-0.05, 0) is 36.5 Å². The van der Waals surface area contributed by atoms with Crippen molar-refractivity contribution in [1.82, 2.24) is 25.4 Å². The van der Waals surface area contributed by atoms with Gasteiger partial charge in [-0.1, -0.05) is 68.4 Å². The van der Waals surface area contributed by atoms with Gasteiger partial charge in [0.15, 0.2) is 0 Å². The SMILES string of the molecule is CC(C)c1ccc([C@@H](NC(=O)[C@@H]2C[C@@H](F)CN2C(=O)C(C)(C)c2ncn[nH]2)c2ccccc2)cc1. The molecule has 3 aromatic rings. The van der Waals surface area contributed by atoms with E-state index in [2.05, 4.69) is 46.5 Å². The largest absolute Gasteiger partial charge is 0.343 e. The van der Waals surface area contributed by atoms with Crippen LogP contribution in [0.1, 0.15) is 68.6 Å². The van der Waals surface area contributed by atoms with Crippen molar-refractivity contribution in [3.05, 3.63) is 83.4 Å². The van der Waals surface area contributed by atoms with Crippen molar-refractivity contribution in [2.45, 2.75) is 63.7 Å². The number of alkyl halides is 1. The van der Waals surface area contributed by atoms with Crippen LogP contribution in [-0.2, 0) is 15.0 Å². The molecule has 0 spiro atoms. The minimum absolute atomic E-state index is 0.0438. The van der Waals surface area contributed by atoms with Gasteiger partial charge in [-0.3, -0.25) is 14.7 Å². The zero-order chi connectivity index (χ0) is 25.2. The van der Waals surface area contributed by atoms with E-state index in [1.54, 1.807) is 13.8 Å². The first-order chi connectivity index (χ1) is 16.7. The lowest BCUT2D eigenvalue weighted by molar-refractivity contribution is -0.142. The summed E-state index contributed by atoms with van der Waals surface area (Å²) in [6.07, 6.45) is 0.00401. The molecule has 1 saturated heterocycles. The van der Waals surface area contributed by atoms with Crippen LogP contribution in [0.3, 0.4) is 0 Å². The van der Waals surface area contributed by atoms with E-state index in [1.807, 2.05) is 42.5 Å². The van der Waals surface area contributed by atoms with Crippen molar-refractivity contribution in [2.75, 3.05) is 6.54 Å². The van der Waals surface area contributed by atoms with Crippen LogP contribution in [0.25, 0.3) is 0 Å². The first kappa shape index (κ1) is 24.6. The monoisotopic (exact) mass is 477 g/mol. The average molecular weight is 478 g/mol. The lowest BCUT2D eigenvalue weighted by Crippen LogP contribution is -2.52. The van der Waals surface area contributed by atoms with Crippen molar-refractivity contribution in [3.8, 4) is 0 Å². The highest BCUT2D eigenvalue weighted by molar-refractivity contribution is 5.93. The molecule has 1 aromatic heterocycles. The summed E-state index contributed by atoms with van der Waals surface area (Å²) in [5.41, 5.74) is 1.95. The van der Waals surface area contributed by atoms with Gasteiger partial charge in [0.25, 0.3) is 0 Å². The van der Waals surface area contributed by atoms with Crippen molar-refractivity contribution < 1.29 is 14.0 Å². The lowest BCUT2D eigenvalue weighted by Gasteiger charge is -2.32. The van der Waals surface area contributed by atoms with Crippen LogP contribution >= 0.6 is 0 Å². The van der Waals surface area contributed by atoms with Crippen LogP contribution in [-0.4, -0.2) is 50.7 Å². The first-order valence-electron chi connectivity index (χ1n) is 11.9.